The van der Waals surface area contributed by atoms with Crippen molar-refractivity contribution in [1.82, 2.24) is 14.5 Å². The highest BCUT2D eigenvalue weighted by Gasteiger charge is 2.40. The van der Waals surface area contributed by atoms with Crippen LogP contribution in [0.2, 0.25) is 0 Å². The second-order valence-corrected chi connectivity index (χ2v) is 8.10. The highest BCUT2D eigenvalue weighted by molar-refractivity contribution is 6.02. The summed E-state index contributed by atoms with van der Waals surface area (Å²) in [5, 5.41) is 1.08. The second kappa shape index (κ2) is 7.48. The van der Waals surface area contributed by atoms with Gasteiger partial charge in [-0.05, 0) is 17.7 Å². The molecule has 6 heteroatoms. The lowest BCUT2D eigenvalue weighted by atomic mass is 10.0. The number of fused-ring (bicyclic) bond motifs is 1. The number of hydrogen-bond acceptors (Lipinski definition) is 5. The van der Waals surface area contributed by atoms with E-state index in [1.54, 1.807) is 6.33 Å². The van der Waals surface area contributed by atoms with Crippen molar-refractivity contribution < 1.29 is 9.47 Å². The van der Waals surface area contributed by atoms with E-state index in [1.165, 1.54) is 0 Å². The first kappa shape index (κ1) is 18.5. The minimum absolute atomic E-state index is 0.402. The number of para-hydroxylation sites is 1. The van der Waals surface area contributed by atoms with E-state index < -0.39 is 5.79 Å². The van der Waals surface area contributed by atoms with E-state index in [0.29, 0.717) is 13.2 Å². The van der Waals surface area contributed by atoms with Crippen LogP contribution >= 0.6 is 0 Å². The first-order valence-electron chi connectivity index (χ1n) is 10.8. The Bertz CT molecular complexity index is 1190. The minimum Gasteiger partial charge on any atom is -0.356 e. The first-order valence-corrected chi connectivity index (χ1v) is 10.8. The van der Waals surface area contributed by atoms with Gasteiger partial charge < -0.3 is 18.9 Å². The maximum Gasteiger partial charge on any atom is 0.171 e. The fourth-order valence-corrected chi connectivity index (χ4v) is 4.75. The largest absolute Gasteiger partial charge is 0.356 e. The van der Waals surface area contributed by atoms with E-state index in [1.807, 2.05) is 12.1 Å². The number of hydrogen-bond donors (Lipinski definition) is 0. The maximum absolute atomic E-state index is 5.92. The van der Waals surface area contributed by atoms with Crippen molar-refractivity contribution >= 4 is 16.9 Å². The molecule has 0 unspecified atom stereocenters. The molecule has 2 aromatic carbocycles. The molecule has 0 radical (unpaired) electrons. The summed E-state index contributed by atoms with van der Waals surface area (Å²) in [7, 11) is 0. The smallest absolute Gasteiger partial charge is 0.171 e. The number of rotatable bonds is 3. The molecule has 0 amide bonds. The van der Waals surface area contributed by atoms with E-state index in [0.717, 1.165) is 59.6 Å². The van der Waals surface area contributed by atoms with Gasteiger partial charge in [0.2, 0.25) is 0 Å². The zero-order chi connectivity index (χ0) is 20.7. The number of aromatic nitrogens is 3. The van der Waals surface area contributed by atoms with Crippen LogP contribution < -0.4 is 4.90 Å². The van der Waals surface area contributed by atoms with E-state index >= 15 is 0 Å². The van der Waals surface area contributed by atoms with Gasteiger partial charge in [-0.3, -0.25) is 0 Å². The molecule has 2 fully saturated rings. The molecule has 156 valence electrons. The third-order valence-corrected chi connectivity index (χ3v) is 6.32. The Morgan fingerprint density at radius 3 is 2.19 bits per heavy atom. The SMILES string of the molecule is c1ccc(-c2cn(-c3ccccc3)c3ncnc(N4CCC5(CC4)OCCO5)c23)cc1. The normalized spacial score (nSPS) is 18.1. The van der Waals surface area contributed by atoms with Crippen LogP contribution in [0.5, 0.6) is 0 Å². The number of piperidine rings is 1. The van der Waals surface area contributed by atoms with Crippen molar-refractivity contribution in [1.29, 1.82) is 0 Å². The Hall–Kier alpha value is -3.22. The molecule has 31 heavy (non-hydrogen) atoms. The van der Waals surface area contributed by atoms with Crippen LogP contribution in [-0.4, -0.2) is 46.6 Å². The number of benzene rings is 2. The van der Waals surface area contributed by atoms with Crippen LogP contribution in [0.3, 0.4) is 0 Å². The van der Waals surface area contributed by atoms with Gasteiger partial charge in [0, 0.05) is 43.4 Å². The Morgan fingerprint density at radius 1 is 0.806 bits per heavy atom. The van der Waals surface area contributed by atoms with Crippen LogP contribution in [0.4, 0.5) is 5.82 Å². The molecule has 0 aliphatic carbocycles. The molecule has 2 aliphatic rings. The molecule has 4 heterocycles. The van der Waals surface area contributed by atoms with Gasteiger partial charge in [0.1, 0.15) is 12.1 Å². The molecule has 0 saturated carbocycles. The number of ether oxygens (including phenoxy) is 2. The minimum atomic E-state index is -0.402. The molecule has 6 rings (SSSR count). The summed E-state index contributed by atoms with van der Waals surface area (Å²) in [6.45, 7) is 3.07. The van der Waals surface area contributed by atoms with Crippen LogP contribution in [0, 0.1) is 0 Å². The molecular formula is C25H24N4O2. The molecule has 1 spiro atoms. The van der Waals surface area contributed by atoms with Gasteiger partial charge in [-0.2, -0.15) is 0 Å². The van der Waals surface area contributed by atoms with E-state index in [4.69, 9.17) is 19.4 Å². The van der Waals surface area contributed by atoms with E-state index in [2.05, 4.69) is 64.2 Å². The molecule has 0 N–H and O–H groups in total. The monoisotopic (exact) mass is 412 g/mol. The third-order valence-electron chi connectivity index (χ3n) is 6.32. The Kier molecular flexibility index (Phi) is 4.47. The molecule has 6 nitrogen and oxygen atoms in total. The molecule has 4 aromatic rings. The third kappa shape index (κ3) is 3.19. The zero-order valence-electron chi connectivity index (χ0n) is 17.3. The number of nitrogens with zero attached hydrogens (tertiary/aromatic N) is 4. The fraction of sp³-hybridized carbons (Fsp3) is 0.280. The van der Waals surface area contributed by atoms with Gasteiger partial charge in [-0.1, -0.05) is 48.5 Å². The summed E-state index contributed by atoms with van der Waals surface area (Å²) in [6.07, 6.45) is 5.55. The zero-order valence-corrected chi connectivity index (χ0v) is 17.3. The Labute approximate surface area is 181 Å². The van der Waals surface area contributed by atoms with E-state index in [9.17, 15) is 0 Å². The van der Waals surface area contributed by atoms with Crippen LogP contribution in [-0.2, 0) is 9.47 Å². The summed E-state index contributed by atoms with van der Waals surface area (Å²) in [5.41, 5.74) is 4.31. The highest BCUT2D eigenvalue weighted by Crippen LogP contribution is 2.39. The summed E-state index contributed by atoms with van der Waals surface area (Å²) in [5.74, 6) is 0.576. The fourth-order valence-electron chi connectivity index (χ4n) is 4.75. The van der Waals surface area contributed by atoms with Crippen molar-refractivity contribution in [3.05, 3.63) is 73.2 Å². The van der Waals surface area contributed by atoms with Gasteiger partial charge >= 0.3 is 0 Å². The summed E-state index contributed by atoms with van der Waals surface area (Å²) in [4.78, 5) is 11.8. The van der Waals surface area contributed by atoms with Crippen LogP contribution in [0.1, 0.15) is 12.8 Å². The first-order chi connectivity index (χ1) is 15.3. The Morgan fingerprint density at radius 2 is 1.48 bits per heavy atom. The standard InChI is InChI=1S/C25H24N4O2/c1-3-7-19(8-4-1)21-17-29(20-9-5-2-6-10-20)24-22(21)23(26-18-27-24)28-13-11-25(12-14-28)30-15-16-31-25/h1-10,17-18H,11-16H2. The molecule has 0 bridgehead atoms. The van der Waals surface area contributed by atoms with Crippen molar-refractivity contribution in [2.45, 2.75) is 18.6 Å². The predicted octanol–water partition coefficient (Wildman–Crippen LogP) is 4.43. The number of anilines is 1. The average Bonchev–Trinajstić information content (AvgIpc) is 3.46. The molecule has 2 aliphatic heterocycles. The molecular weight excluding hydrogens is 388 g/mol. The van der Waals surface area contributed by atoms with Crippen molar-refractivity contribution in [3.63, 3.8) is 0 Å². The predicted molar refractivity (Wildman–Crippen MR) is 120 cm³/mol. The lowest BCUT2D eigenvalue weighted by Gasteiger charge is -2.38. The lowest BCUT2D eigenvalue weighted by molar-refractivity contribution is -0.169. The average molecular weight is 412 g/mol. The van der Waals surface area contributed by atoms with Crippen molar-refractivity contribution in [3.8, 4) is 16.8 Å². The van der Waals surface area contributed by atoms with Gasteiger partial charge in [-0.15, -0.1) is 0 Å². The highest BCUT2D eigenvalue weighted by atomic mass is 16.7. The lowest BCUT2D eigenvalue weighted by Crippen LogP contribution is -2.45. The van der Waals surface area contributed by atoms with Crippen LogP contribution in [0.25, 0.3) is 27.8 Å². The summed E-state index contributed by atoms with van der Waals surface area (Å²) in [6, 6.07) is 20.8. The van der Waals surface area contributed by atoms with Crippen molar-refractivity contribution in [2.75, 3.05) is 31.2 Å². The molecule has 0 atom stereocenters. The van der Waals surface area contributed by atoms with Gasteiger partial charge in [0.05, 0.1) is 18.6 Å². The van der Waals surface area contributed by atoms with Gasteiger partial charge in [0.15, 0.2) is 11.4 Å². The quantitative estimate of drug-likeness (QED) is 0.498. The Balaban J connectivity index is 1.49. The maximum atomic E-state index is 5.92. The second-order valence-electron chi connectivity index (χ2n) is 8.10. The van der Waals surface area contributed by atoms with Crippen molar-refractivity contribution in [2.24, 2.45) is 0 Å². The molecule has 2 aromatic heterocycles. The van der Waals surface area contributed by atoms with Gasteiger partial charge in [0.25, 0.3) is 0 Å². The summed E-state index contributed by atoms with van der Waals surface area (Å²) < 4.78 is 14.0. The van der Waals surface area contributed by atoms with Crippen LogP contribution in [0.15, 0.2) is 73.2 Å². The van der Waals surface area contributed by atoms with E-state index in [-0.39, 0.29) is 0 Å². The molecule has 2 saturated heterocycles. The van der Waals surface area contributed by atoms with Gasteiger partial charge in [-0.25, -0.2) is 9.97 Å². The topological polar surface area (TPSA) is 52.4 Å². The summed E-state index contributed by atoms with van der Waals surface area (Å²) >= 11 is 0.